The zero-order valence-electron chi connectivity index (χ0n) is 24.4. The first-order chi connectivity index (χ1) is 20.2. The molecule has 238 valence electrons. The summed E-state index contributed by atoms with van der Waals surface area (Å²) < 4.78 is 56.2. The van der Waals surface area contributed by atoms with Gasteiger partial charge in [0.15, 0.2) is 18.3 Å². The van der Waals surface area contributed by atoms with E-state index in [1.165, 1.54) is 20.1 Å². The minimum absolute atomic E-state index is 0.207. The van der Waals surface area contributed by atoms with Gasteiger partial charge in [-0.25, -0.2) is 0 Å². The first-order valence-electron chi connectivity index (χ1n) is 13.5. The minimum Gasteiger partial charge on any atom is -0.472 e. The lowest BCUT2D eigenvalue weighted by Gasteiger charge is -2.46. The van der Waals surface area contributed by atoms with E-state index >= 15 is 0 Å². The van der Waals surface area contributed by atoms with Crippen LogP contribution in [0.3, 0.4) is 0 Å². The molecule has 16 nitrogen and oxygen atoms in total. The van der Waals surface area contributed by atoms with Crippen LogP contribution in [0.25, 0.3) is 0 Å². The first kappa shape index (κ1) is 32.2. The van der Waals surface area contributed by atoms with Crippen LogP contribution in [-0.2, 0) is 76.1 Å². The van der Waals surface area contributed by atoms with Gasteiger partial charge >= 0.3 is 35.8 Å². The second-order valence-corrected chi connectivity index (χ2v) is 10.5. The van der Waals surface area contributed by atoms with E-state index in [-0.39, 0.29) is 6.61 Å². The van der Waals surface area contributed by atoms with E-state index in [0.717, 1.165) is 27.7 Å². The summed E-state index contributed by atoms with van der Waals surface area (Å²) in [5, 5.41) is 0. The maximum Gasteiger partial charge on any atom is 0.303 e. The molecule has 0 spiro atoms. The number of rotatable bonds is 10. The number of epoxide rings is 1. The molecule has 16 heteroatoms. The van der Waals surface area contributed by atoms with Crippen LogP contribution in [0.2, 0.25) is 0 Å². The topological polar surface area (TPSA) is 198 Å². The summed E-state index contributed by atoms with van der Waals surface area (Å²) in [4.78, 5) is 71.5. The number of hydrogen-bond donors (Lipinski definition) is 0. The molecule has 0 bridgehead atoms. The van der Waals surface area contributed by atoms with E-state index in [0.29, 0.717) is 0 Å². The smallest absolute Gasteiger partial charge is 0.303 e. The minimum atomic E-state index is -1.55. The Morgan fingerprint density at radius 1 is 0.674 bits per heavy atom. The van der Waals surface area contributed by atoms with Crippen LogP contribution in [0, 0.1) is 11.8 Å². The molecule has 0 aromatic carbocycles. The first-order valence-corrected chi connectivity index (χ1v) is 13.5. The van der Waals surface area contributed by atoms with Gasteiger partial charge in [0.05, 0.1) is 12.2 Å². The molecule has 43 heavy (non-hydrogen) atoms. The summed E-state index contributed by atoms with van der Waals surface area (Å²) in [6.07, 6.45) is -6.80. The molecule has 3 fully saturated rings. The van der Waals surface area contributed by atoms with Gasteiger partial charge in [-0.1, -0.05) is 0 Å². The molecular formula is C27H34O16. The van der Waals surface area contributed by atoms with Crippen LogP contribution in [0.4, 0.5) is 0 Å². The zero-order valence-corrected chi connectivity index (χ0v) is 24.4. The van der Waals surface area contributed by atoms with E-state index in [9.17, 15) is 28.8 Å². The standard InChI is InChI=1S/C27H34O16/c1-11(28)35-9-18-21(38-14(4)31)22(39-15(5)32)23(40-16(6)33)26(41-18)42-25-19-17(7-8-34-25)20(37-13(3)30)24-27(19,43-24)10-36-12(2)29/h7-8,17-26H,9-10H2,1-6H3/t17-,18-,19-,20+,21-,22+,23-,24+,25+,26+,27-/m0/s1. The number of carbonyl (C=O) groups excluding carboxylic acids is 6. The van der Waals surface area contributed by atoms with Crippen molar-refractivity contribution >= 4 is 35.8 Å². The molecule has 0 radical (unpaired) electrons. The van der Waals surface area contributed by atoms with Crippen molar-refractivity contribution in [2.45, 2.75) is 96.3 Å². The van der Waals surface area contributed by atoms with E-state index in [4.69, 9.17) is 47.4 Å². The number of carbonyl (C=O) groups is 6. The van der Waals surface area contributed by atoms with Gasteiger partial charge in [-0.15, -0.1) is 0 Å². The average molecular weight is 615 g/mol. The quantitative estimate of drug-likeness (QED) is 0.178. The van der Waals surface area contributed by atoms with Crippen LogP contribution < -0.4 is 0 Å². The maximum absolute atomic E-state index is 12.2. The molecule has 0 amide bonds. The molecule has 3 heterocycles. The van der Waals surface area contributed by atoms with Crippen LogP contribution in [-0.4, -0.2) is 104 Å². The predicted octanol–water partition coefficient (Wildman–Crippen LogP) is -0.165. The monoisotopic (exact) mass is 614 g/mol. The third-order valence-electron chi connectivity index (χ3n) is 7.25. The summed E-state index contributed by atoms with van der Waals surface area (Å²) in [7, 11) is 0. The van der Waals surface area contributed by atoms with Gasteiger partial charge in [0, 0.05) is 47.5 Å². The Kier molecular flexibility index (Phi) is 9.61. The predicted molar refractivity (Wildman–Crippen MR) is 134 cm³/mol. The average Bonchev–Trinajstić information content (AvgIpc) is 3.56. The maximum atomic E-state index is 12.2. The van der Waals surface area contributed by atoms with Gasteiger partial charge in [0.25, 0.3) is 0 Å². The molecule has 0 aromatic rings. The normalized spacial score (nSPS) is 37.0. The molecule has 0 unspecified atom stereocenters. The lowest BCUT2D eigenvalue weighted by molar-refractivity contribution is -0.346. The van der Waals surface area contributed by atoms with Gasteiger partial charge in [0.2, 0.25) is 12.6 Å². The number of hydrogen-bond acceptors (Lipinski definition) is 16. The summed E-state index contributed by atoms with van der Waals surface area (Å²) in [5.74, 6) is -5.45. The molecule has 4 aliphatic rings. The lowest BCUT2D eigenvalue weighted by atomic mass is 9.85. The van der Waals surface area contributed by atoms with Gasteiger partial charge in [-0.3, -0.25) is 28.8 Å². The SMILES string of the molecule is CC(=O)OC[C@@H]1O[C@H](O[C@H]2OC=C[C@@H]3[C@@H](OC(C)=O)[C@H]4O[C@@]4(COC(C)=O)[C@H]23)[C@@H](OC(C)=O)[C@H](OC(C)=O)[C@H]1OC(C)=O. The molecule has 1 saturated carbocycles. The van der Waals surface area contributed by atoms with Gasteiger partial charge in [-0.05, 0) is 6.08 Å². The van der Waals surface area contributed by atoms with Crippen molar-refractivity contribution in [2.24, 2.45) is 11.8 Å². The molecule has 3 aliphatic heterocycles. The van der Waals surface area contributed by atoms with Crippen molar-refractivity contribution in [3.63, 3.8) is 0 Å². The van der Waals surface area contributed by atoms with Crippen molar-refractivity contribution in [1.82, 2.24) is 0 Å². The van der Waals surface area contributed by atoms with E-state index in [2.05, 4.69) is 0 Å². The lowest BCUT2D eigenvalue weighted by Crippen LogP contribution is -2.64. The molecule has 2 saturated heterocycles. The van der Waals surface area contributed by atoms with Crippen LogP contribution >= 0.6 is 0 Å². The second-order valence-electron chi connectivity index (χ2n) is 10.5. The number of ether oxygens (including phenoxy) is 10. The van der Waals surface area contributed by atoms with Crippen molar-refractivity contribution in [2.75, 3.05) is 13.2 Å². The van der Waals surface area contributed by atoms with E-state index < -0.39 is 109 Å². The van der Waals surface area contributed by atoms with Crippen molar-refractivity contribution < 1.29 is 76.1 Å². The number of esters is 6. The highest BCUT2D eigenvalue weighted by atomic mass is 16.8. The fourth-order valence-corrected chi connectivity index (χ4v) is 5.79. The van der Waals surface area contributed by atoms with E-state index in [1.807, 2.05) is 0 Å². The fourth-order valence-electron chi connectivity index (χ4n) is 5.79. The molecule has 1 aliphatic carbocycles. The summed E-state index contributed by atoms with van der Waals surface area (Å²) >= 11 is 0. The van der Waals surface area contributed by atoms with Crippen LogP contribution in [0.1, 0.15) is 41.5 Å². The Labute approximate surface area is 246 Å². The van der Waals surface area contributed by atoms with Crippen molar-refractivity contribution in [3.05, 3.63) is 12.3 Å². The molecular weight excluding hydrogens is 580 g/mol. The Balaban J connectivity index is 1.69. The van der Waals surface area contributed by atoms with Gasteiger partial charge in [0.1, 0.15) is 37.1 Å². The highest BCUT2D eigenvalue weighted by Crippen LogP contribution is 2.61. The second kappa shape index (κ2) is 12.9. The fraction of sp³-hybridized carbons (Fsp3) is 0.704. The Morgan fingerprint density at radius 2 is 1.23 bits per heavy atom. The van der Waals surface area contributed by atoms with Gasteiger partial charge < -0.3 is 47.4 Å². The molecule has 11 atom stereocenters. The Hall–Kier alpha value is -3.76. The van der Waals surface area contributed by atoms with Crippen LogP contribution in [0.5, 0.6) is 0 Å². The van der Waals surface area contributed by atoms with Crippen molar-refractivity contribution in [3.8, 4) is 0 Å². The highest BCUT2D eigenvalue weighted by Gasteiger charge is 2.78. The molecule has 0 aromatic heterocycles. The largest absolute Gasteiger partial charge is 0.472 e. The summed E-state index contributed by atoms with van der Waals surface area (Å²) in [6, 6.07) is 0. The molecule has 4 rings (SSSR count). The zero-order chi connectivity index (χ0) is 31.6. The summed E-state index contributed by atoms with van der Waals surface area (Å²) in [5.41, 5.74) is -1.16. The number of fused-ring (bicyclic) bond motifs is 3. The third kappa shape index (κ3) is 7.08. The summed E-state index contributed by atoms with van der Waals surface area (Å²) in [6.45, 7) is 6.27. The Morgan fingerprint density at radius 3 is 1.81 bits per heavy atom. The van der Waals surface area contributed by atoms with Crippen LogP contribution in [0.15, 0.2) is 12.3 Å². The third-order valence-corrected chi connectivity index (χ3v) is 7.25. The van der Waals surface area contributed by atoms with Crippen molar-refractivity contribution in [1.29, 1.82) is 0 Å². The Bertz CT molecular complexity index is 1170. The molecule has 0 N–H and O–H groups in total. The highest BCUT2D eigenvalue weighted by molar-refractivity contribution is 5.69. The van der Waals surface area contributed by atoms with Gasteiger partial charge in [-0.2, -0.15) is 0 Å². The van der Waals surface area contributed by atoms with E-state index in [1.54, 1.807) is 6.08 Å².